The summed E-state index contributed by atoms with van der Waals surface area (Å²) in [6, 6.07) is 0. The third-order valence-corrected chi connectivity index (χ3v) is 4.35. The molecular weight excluding hydrogens is 302 g/mol. The maximum absolute atomic E-state index is 12.8. The minimum atomic E-state index is -1.71. The second kappa shape index (κ2) is 6.14. The average molecular weight is 323 g/mol. The molecule has 7 nitrogen and oxygen atoms in total. The van der Waals surface area contributed by atoms with Gasteiger partial charge in [0.1, 0.15) is 0 Å². The highest BCUT2D eigenvalue weighted by Gasteiger charge is 2.82. The normalized spacial score (nSPS) is 31.5. The van der Waals surface area contributed by atoms with Gasteiger partial charge in [-0.2, -0.15) is 0 Å². The number of hydrogen-bond acceptors (Lipinski definition) is 7. The van der Waals surface area contributed by atoms with Crippen LogP contribution in [0.1, 0.15) is 27.2 Å². The number of ether oxygens (including phenoxy) is 3. The van der Waals surface area contributed by atoms with Crippen LogP contribution < -0.4 is 0 Å². The van der Waals surface area contributed by atoms with Gasteiger partial charge >= 0.3 is 11.9 Å². The lowest BCUT2D eigenvalue weighted by Crippen LogP contribution is -2.71. The zero-order valence-corrected chi connectivity index (χ0v) is 13.6. The highest BCUT2D eigenvalue weighted by atomic mass is 16.5. The van der Waals surface area contributed by atoms with E-state index in [2.05, 4.69) is 11.6 Å². The van der Waals surface area contributed by atoms with Gasteiger partial charge in [-0.1, -0.05) is 6.08 Å². The zero-order valence-electron chi connectivity index (χ0n) is 13.6. The van der Waals surface area contributed by atoms with Gasteiger partial charge in [-0.25, -0.2) is 9.79 Å². The lowest BCUT2D eigenvalue weighted by atomic mass is 9.48. The fourth-order valence-electron chi connectivity index (χ4n) is 3.34. The first-order valence-electron chi connectivity index (χ1n) is 7.70. The van der Waals surface area contributed by atoms with Gasteiger partial charge in [-0.15, -0.1) is 6.58 Å². The molecule has 0 spiro atoms. The quantitative estimate of drug-likeness (QED) is 0.412. The summed E-state index contributed by atoms with van der Waals surface area (Å²) in [4.78, 5) is 42.1. The Morgan fingerprint density at radius 2 is 1.83 bits per heavy atom. The van der Waals surface area contributed by atoms with E-state index in [-0.39, 0.29) is 32.1 Å². The van der Waals surface area contributed by atoms with Crippen molar-refractivity contribution in [2.24, 2.45) is 16.3 Å². The van der Waals surface area contributed by atoms with Gasteiger partial charge in [-0.3, -0.25) is 9.59 Å². The van der Waals surface area contributed by atoms with E-state index in [9.17, 15) is 14.4 Å². The fourth-order valence-corrected chi connectivity index (χ4v) is 3.34. The van der Waals surface area contributed by atoms with Gasteiger partial charge in [0.15, 0.2) is 11.0 Å². The number of fused-ring (bicyclic) bond motifs is 1. The predicted molar refractivity (Wildman–Crippen MR) is 80.8 cm³/mol. The van der Waals surface area contributed by atoms with Gasteiger partial charge in [-0.05, 0) is 27.2 Å². The van der Waals surface area contributed by atoms with Crippen LogP contribution in [0.15, 0.2) is 17.6 Å². The highest BCUT2D eigenvalue weighted by Crippen LogP contribution is 2.62. The molecule has 0 saturated heterocycles. The Morgan fingerprint density at radius 3 is 2.35 bits per heavy atom. The molecule has 2 aliphatic rings. The van der Waals surface area contributed by atoms with Gasteiger partial charge in [0, 0.05) is 5.92 Å². The number of carbonyl (C=O) groups is 3. The molecule has 7 heteroatoms. The molecule has 0 aromatic rings. The number of carbonyl (C=O) groups excluding carboxylic acids is 3. The van der Waals surface area contributed by atoms with Crippen molar-refractivity contribution in [3.8, 4) is 0 Å². The van der Waals surface area contributed by atoms with E-state index in [0.717, 1.165) is 0 Å². The van der Waals surface area contributed by atoms with Crippen molar-refractivity contribution < 1.29 is 28.6 Å². The van der Waals surface area contributed by atoms with E-state index in [4.69, 9.17) is 14.2 Å². The van der Waals surface area contributed by atoms with Crippen LogP contribution in [0, 0.1) is 11.3 Å². The van der Waals surface area contributed by atoms with Crippen LogP contribution in [0.2, 0.25) is 0 Å². The minimum Gasteiger partial charge on any atom is -0.476 e. The number of ketones is 1. The summed E-state index contributed by atoms with van der Waals surface area (Å²) in [5, 5.41) is 0. The van der Waals surface area contributed by atoms with Crippen LogP contribution in [0.5, 0.6) is 0 Å². The predicted octanol–water partition coefficient (Wildman–Crippen LogP) is 1.06. The molecule has 1 fully saturated rings. The Hall–Kier alpha value is -2.18. The summed E-state index contributed by atoms with van der Waals surface area (Å²) in [6.45, 7) is 9.05. The van der Waals surface area contributed by atoms with Gasteiger partial charge in [0.25, 0.3) is 5.90 Å². The molecule has 2 rings (SSSR count). The summed E-state index contributed by atoms with van der Waals surface area (Å²) >= 11 is 0. The number of Topliss-reactive ketones (excluding diaryl/α,β-unsaturated/α-hetero) is 1. The Labute approximate surface area is 134 Å². The molecule has 23 heavy (non-hydrogen) atoms. The van der Waals surface area contributed by atoms with E-state index in [1.54, 1.807) is 20.8 Å². The Morgan fingerprint density at radius 1 is 1.22 bits per heavy atom. The first-order valence-corrected chi connectivity index (χ1v) is 7.70. The SMILES string of the molecule is C=C[C@@H]1C[C@]2(C(=O)OCC)C(=O)C(OCC)=N[C@]12C(=O)OCC. The van der Waals surface area contributed by atoms with E-state index >= 15 is 0 Å². The molecule has 1 aliphatic carbocycles. The summed E-state index contributed by atoms with van der Waals surface area (Å²) < 4.78 is 15.4. The maximum atomic E-state index is 12.8. The first-order chi connectivity index (χ1) is 11.0. The third kappa shape index (κ3) is 2.02. The van der Waals surface area contributed by atoms with Crippen LogP contribution >= 0.6 is 0 Å². The lowest BCUT2D eigenvalue weighted by molar-refractivity contribution is -0.188. The first kappa shape index (κ1) is 17.2. The molecule has 1 aliphatic heterocycles. The van der Waals surface area contributed by atoms with Crippen molar-refractivity contribution in [2.45, 2.75) is 32.7 Å². The molecule has 3 atom stereocenters. The van der Waals surface area contributed by atoms with Crippen LogP contribution in [0.3, 0.4) is 0 Å². The van der Waals surface area contributed by atoms with Crippen molar-refractivity contribution in [2.75, 3.05) is 19.8 Å². The maximum Gasteiger partial charge on any atom is 0.336 e. The molecule has 1 heterocycles. The third-order valence-electron chi connectivity index (χ3n) is 4.35. The van der Waals surface area contributed by atoms with Gasteiger partial charge in [0.05, 0.1) is 19.8 Å². The van der Waals surface area contributed by atoms with Crippen molar-refractivity contribution in [1.29, 1.82) is 0 Å². The van der Waals surface area contributed by atoms with Crippen molar-refractivity contribution >= 4 is 23.6 Å². The van der Waals surface area contributed by atoms with E-state index < -0.39 is 34.6 Å². The smallest absolute Gasteiger partial charge is 0.336 e. The Balaban J connectivity index is 2.59. The Kier molecular flexibility index (Phi) is 4.58. The standard InChI is InChI=1S/C16H21NO6/c1-5-10-9-15(13(19)22-7-3)11(18)12(21-6-2)17-16(10,15)14(20)23-8-4/h5,10H,1,6-9H2,2-4H3/t10-,15-,16+/m1/s1. The average Bonchev–Trinajstić information content (AvgIpc) is 2.68. The topological polar surface area (TPSA) is 91.3 Å². The minimum absolute atomic E-state index is 0.0928. The molecule has 0 aromatic carbocycles. The number of nitrogens with zero attached hydrogens (tertiary/aromatic N) is 1. The molecule has 0 bridgehead atoms. The second-order valence-electron chi connectivity index (χ2n) is 5.34. The molecule has 1 saturated carbocycles. The lowest BCUT2D eigenvalue weighted by Gasteiger charge is -2.52. The van der Waals surface area contributed by atoms with Crippen LogP contribution in [0.4, 0.5) is 0 Å². The van der Waals surface area contributed by atoms with Gasteiger partial charge in [0.2, 0.25) is 5.78 Å². The molecule has 0 N–H and O–H groups in total. The largest absolute Gasteiger partial charge is 0.476 e. The van der Waals surface area contributed by atoms with E-state index in [1.807, 2.05) is 0 Å². The van der Waals surface area contributed by atoms with Crippen molar-refractivity contribution in [1.82, 2.24) is 0 Å². The molecule has 0 radical (unpaired) electrons. The number of aliphatic imine (C=N–C) groups is 1. The van der Waals surface area contributed by atoms with Crippen LogP contribution in [-0.2, 0) is 28.6 Å². The van der Waals surface area contributed by atoms with E-state index in [0.29, 0.717) is 0 Å². The van der Waals surface area contributed by atoms with E-state index in [1.165, 1.54) is 6.08 Å². The second-order valence-corrected chi connectivity index (χ2v) is 5.34. The summed E-state index contributed by atoms with van der Waals surface area (Å²) in [5.41, 5.74) is -3.38. The summed E-state index contributed by atoms with van der Waals surface area (Å²) in [5.74, 6) is -2.84. The van der Waals surface area contributed by atoms with Gasteiger partial charge < -0.3 is 14.2 Å². The summed E-state index contributed by atoms with van der Waals surface area (Å²) in [7, 11) is 0. The number of esters is 2. The molecule has 0 aromatic heterocycles. The molecule has 126 valence electrons. The van der Waals surface area contributed by atoms with Crippen LogP contribution in [0.25, 0.3) is 0 Å². The van der Waals surface area contributed by atoms with Crippen LogP contribution in [-0.4, -0.2) is 49.0 Å². The highest BCUT2D eigenvalue weighted by molar-refractivity contribution is 6.46. The molecule has 0 amide bonds. The monoisotopic (exact) mass is 323 g/mol. The number of rotatable bonds is 6. The fraction of sp³-hybridized carbons (Fsp3) is 0.625. The van der Waals surface area contributed by atoms with Crippen molar-refractivity contribution in [3.63, 3.8) is 0 Å². The molecule has 0 unspecified atom stereocenters. The summed E-state index contributed by atoms with van der Waals surface area (Å²) in [6.07, 6.45) is 1.62. The Bertz CT molecular complexity index is 583. The van der Waals surface area contributed by atoms with Crippen molar-refractivity contribution in [3.05, 3.63) is 12.7 Å². The zero-order chi connectivity index (χ0) is 17.3. The molecular formula is C16H21NO6. The number of hydrogen-bond donors (Lipinski definition) is 0.